The summed E-state index contributed by atoms with van der Waals surface area (Å²) in [6.45, 7) is 13.5. The maximum atomic E-state index is 13.3. The number of ketones is 2. The molecule has 28 heavy (non-hydrogen) atoms. The summed E-state index contributed by atoms with van der Waals surface area (Å²) in [5.41, 5.74) is -0.119. The molecule has 4 aliphatic rings. The highest BCUT2D eigenvalue weighted by Crippen LogP contribution is 2.69. The van der Waals surface area contributed by atoms with E-state index in [0.29, 0.717) is 11.6 Å². The van der Waals surface area contributed by atoms with Gasteiger partial charge in [-0.1, -0.05) is 53.3 Å². The summed E-state index contributed by atoms with van der Waals surface area (Å²) in [4.78, 5) is 26.4. The van der Waals surface area contributed by atoms with Crippen molar-refractivity contribution in [3.63, 3.8) is 0 Å². The van der Waals surface area contributed by atoms with Crippen LogP contribution in [-0.4, -0.2) is 31.6 Å². The Kier molecular flexibility index (Phi) is 3.56. The number of fused-ring (bicyclic) bond motifs is 4. The minimum Gasteiger partial charge on any atom is -0.298 e. The Morgan fingerprint density at radius 1 is 0.929 bits per heavy atom. The van der Waals surface area contributed by atoms with Crippen LogP contribution in [0.5, 0.6) is 0 Å². The van der Waals surface area contributed by atoms with Gasteiger partial charge in [-0.3, -0.25) is 14.2 Å². The van der Waals surface area contributed by atoms with Gasteiger partial charge in [0.15, 0.2) is 10.9 Å². The van der Waals surface area contributed by atoms with Crippen LogP contribution < -0.4 is 0 Å². The molecule has 0 radical (unpaired) electrons. The number of hydrogen-bond acceptors (Lipinski definition) is 5. The van der Waals surface area contributed by atoms with Gasteiger partial charge in [-0.2, -0.15) is 0 Å². The first-order chi connectivity index (χ1) is 13.0. The van der Waals surface area contributed by atoms with Crippen molar-refractivity contribution in [2.45, 2.75) is 83.7 Å². The molecule has 1 aromatic heterocycles. The Hall–Kier alpha value is -1.17. The van der Waals surface area contributed by atoms with Crippen LogP contribution >= 0.6 is 11.8 Å². The van der Waals surface area contributed by atoms with Crippen LogP contribution in [0.3, 0.4) is 0 Å². The van der Waals surface area contributed by atoms with E-state index in [1.54, 1.807) is 18.1 Å². The zero-order valence-electron chi connectivity index (χ0n) is 17.8. The third-order valence-corrected chi connectivity index (χ3v) is 11.5. The van der Waals surface area contributed by atoms with Crippen LogP contribution in [0, 0.1) is 33.5 Å². The molecule has 5 rings (SSSR count). The Balaban J connectivity index is 1.51. The topological polar surface area (TPSA) is 64.8 Å². The Bertz CT molecular complexity index is 890. The second kappa shape index (κ2) is 5.30. The molecule has 0 amide bonds. The number of carbonyl (C=O) groups is 2. The summed E-state index contributed by atoms with van der Waals surface area (Å²) >= 11 is 1.56. The highest BCUT2D eigenvalue weighted by Gasteiger charge is 2.68. The third kappa shape index (κ3) is 1.87. The van der Waals surface area contributed by atoms with E-state index in [2.05, 4.69) is 51.7 Å². The number of aromatic nitrogens is 3. The first-order valence-electron chi connectivity index (χ1n) is 10.6. The lowest BCUT2D eigenvalue weighted by Gasteiger charge is -2.39. The molecule has 152 valence electrons. The van der Waals surface area contributed by atoms with Crippen molar-refractivity contribution in [1.29, 1.82) is 0 Å². The molecule has 0 aliphatic heterocycles. The first-order valence-corrected chi connectivity index (χ1v) is 11.5. The summed E-state index contributed by atoms with van der Waals surface area (Å²) in [6.07, 6.45) is 5.84. The maximum Gasteiger partial charge on any atom is 0.192 e. The van der Waals surface area contributed by atoms with Gasteiger partial charge in [-0.05, 0) is 41.9 Å². The van der Waals surface area contributed by atoms with Gasteiger partial charge in [0.05, 0.1) is 5.25 Å². The van der Waals surface area contributed by atoms with E-state index < -0.39 is 0 Å². The van der Waals surface area contributed by atoms with Gasteiger partial charge in [0.2, 0.25) is 0 Å². The molecule has 0 aromatic carbocycles. The fourth-order valence-corrected chi connectivity index (χ4v) is 8.78. The van der Waals surface area contributed by atoms with Crippen molar-refractivity contribution >= 4 is 23.3 Å². The molecule has 6 atom stereocenters. The van der Waals surface area contributed by atoms with Gasteiger partial charge < -0.3 is 0 Å². The van der Waals surface area contributed by atoms with Crippen LogP contribution in [-0.2, 0) is 9.59 Å². The summed E-state index contributed by atoms with van der Waals surface area (Å²) < 4.78 is 2.00. The van der Waals surface area contributed by atoms with E-state index >= 15 is 0 Å². The van der Waals surface area contributed by atoms with E-state index in [4.69, 9.17) is 0 Å². The lowest BCUT2D eigenvalue weighted by Crippen LogP contribution is -2.37. The predicted octanol–water partition coefficient (Wildman–Crippen LogP) is 4.33. The minimum atomic E-state index is -0.215. The van der Waals surface area contributed by atoms with Crippen molar-refractivity contribution < 1.29 is 9.59 Å². The van der Waals surface area contributed by atoms with Crippen molar-refractivity contribution in [2.75, 3.05) is 0 Å². The molecule has 4 fully saturated rings. The van der Waals surface area contributed by atoms with Crippen molar-refractivity contribution in [3.8, 4) is 0 Å². The quantitative estimate of drug-likeness (QED) is 0.754. The molecule has 6 unspecified atom stereocenters. The fraction of sp³-hybridized carbons (Fsp3) is 0.818. The van der Waals surface area contributed by atoms with E-state index in [1.165, 1.54) is 0 Å². The smallest absolute Gasteiger partial charge is 0.192 e. The maximum absolute atomic E-state index is 13.3. The van der Waals surface area contributed by atoms with Gasteiger partial charge in [-0.25, -0.2) is 0 Å². The normalized spacial score (nSPS) is 45.4. The van der Waals surface area contributed by atoms with Crippen LogP contribution in [0.15, 0.2) is 11.5 Å². The van der Waals surface area contributed by atoms with E-state index in [-0.39, 0.29) is 44.8 Å². The minimum absolute atomic E-state index is 0.0167. The van der Waals surface area contributed by atoms with Crippen molar-refractivity contribution in [1.82, 2.24) is 14.8 Å². The Morgan fingerprint density at radius 2 is 1.50 bits per heavy atom. The zero-order valence-corrected chi connectivity index (χ0v) is 18.6. The lowest BCUT2D eigenvalue weighted by atomic mass is 9.69. The first kappa shape index (κ1) is 18.8. The summed E-state index contributed by atoms with van der Waals surface area (Å²) in [5, 5.41) is 9.21. The Labute approximate surface area is 171 Å². The van der Waals surface area contributed by atoms with Gasteiger partial charge in [0, 0.05) is 17.3 Å². The third-order valence-electron chi connectivity index (χ3n) is 10.0. The van der Waals surface area contributed by atoms with Crippen molar-refractivity contribution in [2.24, 2.45) is 33.5 Å². The van der Waals surface area contributed by atoms with Crippen molar-refractivity contribution in [3.05, 3.63) is 6.33 Å². The number of thioether (sulfide) groups is 1. The van der Waals surface area contributed by atoms with Gasteiger partial charge in [-0.15, -0.1) is 10.2 Å². The highest BCUT2D eigenvalue weighted by atomic mass is 32.2. The lowest BCUT2D eigenvalue weighted by molar-refractivity contribution is -0.126. The summed E-state index contributed by atoms with van der Waals surface area (Å²) in [6, 6.07) is -0.215. The summed E-state index contributed by atoms with van der Waals surface area (Å²) in [5.74, 6) is 0.950. The molecular formula is C22H31N3O2S. The van der Waals surface area contributed by atoms with E-state index in [1.807, 2.05) is 4.57 Å². The number of hydrogen-bond donors (Lipinski definition) is 0. The number of Topliss-reactive ketones (excluding diaryl/α,β-unsaturated/α-hetero) is 2. The molecule has 1 aromatic rings. The molecule has 4 bridgehead atoms. The van der Waals surface area contributed by atoms with Crippen LogP contribution in [0.1, 0.15) is 73.3 Å². The average Bonchev–Trinajstić information content (AvgIpc) is 3.27. The molecule has 0 saturated heterocycles. The number of carbonyl (C=O) groups excluding carboxylic acids is 2. The van der Waals surface area contributed by atoms with Gasteiger partial charge in [0.25, 0.3) is 0 Å². The van der Waals surface area contributed by atoms with Crippen LogP contribution in [0.25, 0.3) is 0 Å². The van der Waals surface area contributed by atoms with E-state index in [0.717, 1.165) is 30.8 Å². The Morgan fingerprint density at radius 3 is 2.04 bits per heavy atom. The fourth-order valence-electron chi connectivity index (χ4n) is 7.24. The predicted molar refractivity (Wildman–Crippen MR) is 108 cm³/mol. The molecule has 0 spiro atoms. The average molecular weight is 402 g/mol. The monoisotopic (exact) mass is 401 g/mol. The molecule has 6 heteroatoms. The van der Waals surface area contributed by atoms with E-state index in [9.17, 15) is 9.59 Å². The standard InChI is InChI=1S/C22H31N3O2S/c1-19(2)12-7-9-21(19,5)16(14(12)26)25-11-23-24-18(25)28-17-15(27)13-8-10-22(17,6)20(13,3)4/h11-13,16-17H,7-10H2,1-6H3. The van der Waals surface area contributed by atoms with Gasteiger partial charge >= 0.3 is 0 Å². The SMILES string of the molecule is CC1(C)C2CCC1(C)C(Sc1nncn1C1C(=O)C3CCC1(C)C3(C)C)C2=O. The number of nitrogens with zero attached hydrogens (tertiary/aromatic N) is 3. The molecule has 4 aliphatic carbocycles. The molecule has 1 heterocycles. The number of rotatable bonds is 3. The molecule has 0 N–H and O–H groups in total. The highest BCUT2D eigenvalue weighted by molar-refractivity contribution is 8.00. The largest absolute Gasteiger partial charge is 0.298 e. The van der Waals surface area contributed by atoms with Crippen LogP contribution in [0.4, 0.5) is 0 Å². The molecule has 4 saturated carbocycles. The zero-order chi connectivity index (χ0) is 20.3. The molecular weight excluding hydrogens is 370 g/mol. The van der Waals surface area contributed by atoms with Crippen LogP contribution in [0.2, 0.25) is 0 Å². The second-order valence-corrected chi connectivity index (χ2v) is 12.3. The molecule has 5 nitrogen and oxygen atoms in total. The second-order valence-electron chi connectivity index (χ2n) is 11.2. The van der Waals surface area contributed by atoms with Gasteiger partial charge in [0.1, 0.15) is 18.2 Å². The summed E-state index contributed by atoms with van der Waals surface area (Å²) in [7, 11) is 0.